The summed E-state index contributed by atoms with van der Waals surface area (Å²) in [6, 6.07) is 17.9. The minimum absolute atomic E-state index is 0.131. The van der Waals surface area contributed by atoms with Crippen molar-refractivity contribution in [2.24, 2.45) is 5.92 Å². The standard InChI is InChI=1S/C23H29NO3/c1-17(2)15-20-9-12-21(13-10-20)18(3)24-22(25)16-27-23(26)14-11-19-7-5-4-6-8-19/h4-10,12-13,17-18H,11,14-16H2,1-3H3,(H,24,25)/t18-/m1/s1. The zero-order valence-corrected chi connectivity index (χ0v) is 16.4. The lowest BCUT2D eigenvalue weighted by Crippen LogP contribution is -2.31. The average molecular weight is 367 g/mol. The van der Waals surface area contributed by atoms with E-state index in [-0.39, 0.29) is 30.9 Å². The first-order valence-electron chi connectivity index (χ1n) is 9.51. The van der Waals surface area contributed by atoms with Gasteiger partial charge in [-0.05, 0) is 42.4 Å². The molecular weight excluding hydrogens is 338 g/mol. The van der Waals surface area contributed by atoms with E-state index in [1.54, 1.807) is 0 Å². The molecule has 27 heavy (non-hydrogen) atoms. The minimum atomic E-state index is -0.361. The van der Waals surface area contributed by atoms with E-state index in [1.807, 2.05) is 49.4 Å². The van der Waals surface area contributed by atoms with Crippen molar-refractivity contribution in [1.82, 2.24) is 5.32 Å². The monoisotopic (exact) mass is 367 g/mol. The van der Waals surface area contributed by atoms with Gasteiger partial charge in [0.15, 0.2) is 6.61 Å². The number of hydrogen-bond acceptors (Lipinski definition) is 3. The molecule has 4 nitrogen and oxygen atoms in total. The maximum atomic E-state index is 12.0. The molecule has 0 aliphatic carbocycles. The van der Waals surface area contributed by atoms with Gasteiger partial charge in [0, 0.05) is 6.42 Å². The van der Waals surface area contributed by atoms with Gasteiger partial charge in [0.25, 0.3) is 5.91 Å². The van der Waals surface area contributed by atoms with Gasteiger partial charge in [-0.3, -0.25) is 9.59 Å². The molecule has 0 bridgehead atoms. The molecule has 1 N–H and O–H groups in total. The molecule has 144 valence electrons. The fourth-order valence-corrected chi connectivity index (χ4v) is 2.89. The summed E-state index contributed by atoms with van der Waals surface area (Å²) in [5.74, 6) is -0.0361. The number of amides is 1. The summed E-state index contributed by atoms with van der Waals surface area (Å²) >= 11 is 0. The summed E-state index contributed by atoms with van der Waals surface area (Å²) < 4.78 is 5.07. The van der Waals surface area contributed by atoms with E-state index >= 15 is 0 Å². The van der Waals surface area contributed by atoms with Gasteiger partial charge < -0.3 is 10.1 Å². The van der Waals surface area contributed by atoms with E-state index in [2.05, 4.69) is 31.3 Å². The number of benzene rings is 2. The number of carbonyl (C=O) groups excluding carboxylic acids is 2. The molecule has 1 amide bonds. The number of nitrogens with one attached hydrogen (secondary N) is 1. The Labute approximate surface area is 161 Å². The van der Waals surface area contributed by atoms with Gasteiger partial charge in [-0.1, -0.05) is 68.4 Å². The van der Waals surface area contributed by atoms with Crippen LogP contribution in [0.15, 0.2) is 54.6 Å². The number of rotatable bonds is 9. The molecule has 0 heterocycles. The topological polar surface area (TPSA) is 55.4 Å². The van der Waals surface area contributed by atoms with Gasteiger partial charge in [0.05, 0.1) is 6.04 Å². The van der Waals surface area contributed by atoms with Gasteiger partial charge in [0.1, 0.15) is 0 Å². The van der Waals surface area contributed by atoms with Crippen LogP contribution in [0.3, 0.4) is 0 Å². The second kappa shape index (κ2) is 10.5. The summed E-state index contributed by atoms with van der Waals surface area (Å²) in [5, 5.41) is 2.87. The first-order chi connectivity index (χ1) is 12.9. The number of esters is 1. The predicted octanol–water partition coefficient (Wildman–Crippen LogP) is 4.24. The van der Waals surface area contributed by atoms with Crippen LogP contribution in [0.1, 0.15) is 49.9 Å². The smallest absolute Gasteiger partial charge is 0.306 e. The van der Waals surface area contributed by atoms with E-state index < -0.39 is 0 Å². The largest absolute Gasteiger partial charge is 0.456 e. The average Bonchev–Trinajstić information content (AvgIpc) is 2.65. The van der Waals surface area contributed by atoms with Crippen LogP contribution in [-0.4, -0.2) is 18.5 Å². The molecule has 2 aromatic carbocycles. The van der Waals surface area contributed by atoms with Crippen molar-refractivity contribution in [3.63, 3.8) is 0 Å². The predicted molar refractivity (Wildman–Crippen MR) is 107 cm³/mol. The van der Waals surface area contributed by atoms with E-state index in [1.165, 1.54) is 5.56 Å². The molecule has 0 spiro atoms. The maximum absolute atomic E-state index is 12.0. The number of aryl methyl sites for hydroxylation is 1. The van der Waals surface area contributed by atoms with Crippen LogP contribution in [0.25, 0.3) is 0 Å². The molecular formula is C23H29NO3. The third-order valence-electron chi connectivity index (χ3n) is 4.33. The second-order valence-corrected chi connectivity index (χ2v) is 7.28. The lowest BCUT2D eigenvalue weighted by molar-refractivity contribution is -0.148. The molecule has 0 radical (unpaired) electrons. The normalized spacial score (nSPS) is 11.9. The molecule has 0 aliphatic rings. The third-order valence-corrected chi connectivity index (χ3v) is 4.33. The molecule has 1 atom stereocenters. The highest BCUT2D eigenvalue weighted by molar-refractivity contribution is 5.80. The summed E-state index contributed by atoms with van der Waals surface area (Å²) in [4.78, 5) is 23.8. The van der Waals surface area contributed by atoms with E-state index in [4.69, 9.17) is 4.74 Å². The van der Waals surface area contributed by atoms with Crippen molar-refractivity contribution in [2.75, 3.05) is 6.61 Å². The van der Waals surface area contributed by atoms with Crippen molar-refractivity contribution in [3.05, 3.63) is 71.3 Å². The Bertz CT molecular complexity index is 723. The van der Waals surface area contributed by atoms with Crippen molar-refractivity contribution in [2.45, 2.75) is 46.1 Å². The van der Waals surface area contributed by atoms with E-state index in [9.17, 15) is 9.59 Å². The zero-order chi connectivity index (χ0) is 19.6. The summed E-state index contributed by atoms with van der Waals surface area (Å²) in [6.07, 6.45) is 1.92. The Morgan fingerprint density at radius 1 is 0.926 bits per heavy atom. The highest BCUT2D eigenvalue weighted by Crippen LogP contribution is 2.15. The molecule has 2 rings (SSSR count). The fraction of sp³-hybridized carbons (Fsp3) is 0.391. The van der Waals surface area contributed by atoms with Crippen LogP contribution in [0.2, 0.25) is 0 Å². The number of ether oxygens (including phenoxy) is 1. The van der Waals surface area contributed by atoms with Gasteiger partial charge in [-0.2, -0.15) is 0 Å². The summed E-state index contributed by atoms with van der Waals surface area (Å²) in [5.41, 5.74) is 3.40. The van der Waals surface area contributed by atoms with Gasteiger partial charge in [-0.25, -0.2) is 0 Å². The third kappa shape index (κ3) is 7.65. The van der Waals surface area contributed by atoms with Crippen molar-refractivity contribution in [1.29, 1.82) is 0 Å². The number of hydrogen-bond donors (Lipinski definition) is 1. The van der Waals surface area contributed by atoms with Crippen LogP contribution in [0.4, 0.5) is 0 Å². The molecule has 4 heteroatoms. The van der Waals surface area contributed by atoms with Gasteiger partial charge >= 0.3 is 5.97 Å². The highest BCUT2D eigenvalue weighted by atomic mass is 16.5. The van der Waals surface area contributed by atoms with Crippen molar-refractivity contribution < 1.29 is 14.3 Å². The van der Waals surface area contributed by atoms with Crippen LogP contribution >= 0.6 is 0 Å². The highest BCUT2D eigenvalue weighted by Gasteiger charge is 2.12. The van der Waals surface area contributed by atoms with Crippen molar-refractivity contribution in [3.8, 4) is 0 Å². The minimum Gasteiger partial charge on any atom is -0.456 e. The Kier molecular flexibility index (Phi) is 8.05. The molecule has 2 aromatic rings. The quantitative estimate of drug-likeness (QED) is 0.675. The lowest BCUT2D eigenvalue weighted by atomic mass is 10.00. The summed E-state index contributed by atoms with van der Waals surface area (Å²) in [6.45, 7) is 6.06. The summed E-state index contributed by atoms with van der Waals surface area (Å²) in [7, 11) is 0. The molecule has 0 aromatic heterocycles. The molecule has 0 saturated heterocycles. The Morgan fingerprint density at radius 3 is 2.22 bits per heavy atom. The Balaban J connectivity index is 1.72. The first-order valence-corrected chi connectivity index (χ1v) is 9.51. The zero-order valence-electron chi connectivity index (χ0n) is 16.4. The van der Waals surface area contributed by atoms with E-state index in [0.29, 0.717) is 12.3 Å². The van der Waals surface area contributed by atoms with E-state index in [0.717, 1.165) is 17.5 Å². The van der Waals surface area contributed by atoms with Crippen LogP contribution in [0.5, 0.6) is 0 Å². The SMILES string of the molecule is CC(C)Cc1ccc([C@@H](C)NC(=O)COC(=O)CCc2ccccc2)cc1. The lowest BCUT2D eigenvalue weighted by Gasteiger charge is -2.15. The van der Waals surface area contributed by atoms with Crippen molar-refractivity contribution >= 4 is 11.9 Å². The molecule has 0 fully saturated rings. The van der Waals surface area contributed by atoms with Crippen LogP contribution in [0, 0.1) is 5.92 Å². The Hall–Kier alpha value is -2.62. The Morgan fingerprint density at radius 2 is 1.59 bits per heavy atom. The first kappa shape index (κ1) is 20.7. The number of carbonyl (C=O) groups is 2. The fourth-order valence-electron chi connectivity index (χ4n) is 2.89. The van der Waals surface area contributed by atoms with Gasteiger partial charge in [0.2, 0.25) is 0 Å². The van der Waals surface area contributed by atoms with Crippen LogP contribution in [-0.2, 0) is 27.2 Å². The van der Waals surface area contributed by atoms with Gasteiger partial charge in [-0.15, -0.1) is 0 Å². The molecule has 0 aliphatic heterocycles. The molecule has 0 saturated carbocycles. The molecule has 0 unspecified atom stereocenters. The second-order valence-electron chi connectivity index (χ2n) is 7.28. The van der Waals surface area contributed by atoms with Crippen LogP contribution < -0.4 is 5.32 Å². The maximum Gasteiger partial charge on any atom is 0.306 e.